The molecule has 0 aromatic carbocycles. The third-order valence-electron chi connectivity index (χ3n) is 3.20. The van der Waals surface area contributed by atoms with Crippen molar-refractivity contribution >= 4 is 5.91 Å². The Labute approximate surface area is 95.2 Å². The molecule has 1 aromatic rings. The van der Waals surface area contributed by atoms with Crippen LogP contribution in [0.5, 0.6) is 0 Å². The number of aromatic nitrogens is 2. The van der Waals surface area contributed by atoms with Gasteiger partial charge in [-0.15, -0.1) is 0 Å². The Hall–Kier alpha value is -1.36. The van der Waals surface area contributed by atoms with E-state index in [0.717, 1.165) is 31.6 Å². The fourth-order valence-electron chi connectivity index (χ4n) is 2.34. The number of hydrogen-bond acceptors (Lipinski definition) is 3. The molecule has 2 rings (SSSR count). The molecule has 1 aromatic heterocycles. The second-order valence-corrected chi connectivity index (χ2v) is 4.39. The van der Waals surface area contributed by atoms with Gasteiger partial charge >= 0.3 is 0 Å². The number of carbonyl (C=O) groups excluding carboxylic acids is 1. The molecule has 0 radical (unpaired) electrons. The highest BCUT2D eigenvalue weighted by Crippen LogP contribution is 2.19. The van der Waals surface area contributed by atoms with Gasteiger partial charge in [-0.1, -0.05) is 0 Å². The van der Waals surface area contributed by atoms with Crippen molar-refractivity contribution in [2.24, 2.45) is 12.8 Å². The summed E-state index contributed by atoms with van der Waals surface area (Å²) in [5.41, 5.74) is 5.24. The Balaban J connectivity index is 1.98. The minimum absolute atomic E-state index is 0.244. The Morgan fingerprint density at radius 1 is 1.69 bits per heavy atom. The van der Waals surface area contributed by atoms with Crippen molar-refractivity contribution in [1.82, 2.24) is 14.5 Å². The van der Waals surface area contributed by atoms with Gasteiger partial charge in [0.05, 0.1) is 6.54 Å². The Morgan fingerprint density at radius 2 is 2.50 bits per heavy atom. The topological polar surface area (TPSA) is 64.2 Å². The molecule has 5 heteroatoms. The van der Waals surface area contributed by atoms with Crippen molar-refractivity contribution in [2.45, 2.75) is 25.3 Å². The van der Waals surface area contributed by atoms with Crippen LogP contribution >= 0.6 is 0 Å². The lowest BCUT2D eigenvalue weighted by Gasteiger charge is -2.22. The summed E-state index contributed by atoms with van der Waals surface area (Å²) in [5, 5.41) is 0. The average molecular weight is 222 g/mol. The molecule has 88 valence electrons. The van der Waals surface area contributed by atoms with Crippen LogP contribution in [0.15, 0.2) is 12.4 Å². The summed E-state index contributed by atoms with van der Waals surface area (Å²) in [4.78, 5) is 17.4. The fraction of sp³-hybridized carbons (Fsp3) is 0.636. The smallest absolute Gasteiger partial charge is 0.231 e. The first kappa shape index (κ1) is 11.1. The molecule has 1 fully saturated rings. The number of likely N-dealkylation sites (tertiary alicyclic amines) is 1. The molecule has 1 amide bonds. The SMILES string of the molecule is Cn1ccnc1C[C@@H]1CCCN1CC(N)=O. The highest BCUT2D eigenvalue weighted by molar-refractivity contribution is 5.76. The predicted octanol–water partition coefficient (Wildman–Crippen LogP) is -0.0877. The standard InChI is InChI=1S/C11H18N4O/c1-14-6-4-13-11(14)7-9-3-2-5-15(9)8-10(12)16/h4,6,9H,2-3,5,7-8H2,1H3,(H2,12,16)/t9-/m0/s1. The summed E-state index contributed by atoms with van der Waals surface area (Å²) in [7, 11) is 2.00. The van der Waals surface area contributed by atoms with Crippen LogP contribution in [-0.2, 0) is 18.3 Å². The van der Waals surface area contributed by atoms with E-state index < -0.39 is 0 Å². The van der Waals surface area contributed by atoms with Crippen LogP contribution in [0.4, 0.5) is 0 Å². The highest BCUT2D eigenvalue weighted by Gasteiger charge is 2.26. The molecule has 0 bridgehead atoms. The minimum atomic E-state index is -0.244. The van der Waals surface area contributed by atoms with Crippen molar-refractivity contribution in [2.75, 3.05) is 13.1 Å². The van der Waals surface area contributed by atoms with Gasteiger partial charge in [0.1, 0.15) is 5.82 Å². The van der Waals surface area contributed by atoms with Crippen molar-refractivity contribution < 1.29 is 4.79 Å². The number of primary amides is 1. The minimum Gasteiger partial charge on any atom is -0.369 e. The van der Waals surface area contributed by atoms with Crippen molar-refractivity contribution in [3.8, 4) is 0 Å². The number of nitrogens with two attached hydrogens (primary N) is 1. The normalized spacial score (nSPS) is 21.4. The third-order valence-corrected chi connectivity index (χ3v) is 3.20. The number of amides is 1. The molecular weight excluding hydrogens is 204 g/mol. The monoisotopic (exact) mass is 222 g/mol. The van der Waals surface area contributed by atoms with Gasteiger partial charge in [-0.3, -0.25) is 9.69 Å². The molecule has 16 heavy (non-hydrogen) atoms. The zero-order chi connectivity index (χ0) is 11.5. The number of aryl methyl sites for hydroxylation is 1. The number of nitrogens with zero attached hydrogens (tertiary/aromatic N) is 3. The molecule has 1 aliphatic rings. The van der Waals surface area contributed by atoms with Gasteiger partial charge in [-0.05, 0) is 19.4 Å². The van der Waals surface area contributed by atoms with Gasteiger partial charge in [-0.25, -0.2) is 4.98 Å². The van der Waals surface area contributed by atoms with Crippen LogP contribution in [-0.4, -0.2) is 39.5 Å². The van der Waals surface area contributed by atoms with Crippen LogP contribution in [0.25, 0.3) is 0 Å². The number of hydrogen-bond donors (Lipinski definition) is 1. The molecule has 0 aliphatic carbocycles. The van der Waals surface area contributed by atoms with Crippen LogP contribution in [0.3, 0.4) is 0 Å². The van der Waals surface area contributed by atoms with Gasteiger partial charge in [0.2, 0.25) is 5.91 Å². The first-order valence-corrected chi connectivity index (χ1v) is 5.65. The van der Waals surface area contributed by atoms with Crippen molar-refractivity contribution in [3.05, 3.63) is 18.2 Å². The lowest BCUT2D eigenvalue weighted by atomic mass is 10.1. The summed E-state index contributed by atoms with van der Waals surface area (Å²) >= 11 is 0. The van der Waals surface area contributed by atoms with Crippen molar-refractivity contribution in [1.29, 1.82) is 0 Å². The Kier molecular flexibility index (Phi) is 3.24. The highest BCUT2D eigenvalue weighted by atomic mass is 16.1. The maximum Gasteiger partial charge on any atom is 0.231 e. The summed E-state index contributed by atoms with van der Waals surface area (Å²) in [6, 6.07) is 0.411. The summed E-state index contributed by atoms with van der Waals surface area (Å²) in [5.74, 6) is 0.827. The van der Waals surface area contributed by atoms with E-state index in [9.17, 15) is 4.79 Å². The van der Waals surface area contributed by atoms with Gasteiger partial charge in [0, 0.05) is 31.9 Å². The van der Waals surface area contributed by atoms with E-state index in [1.807, 2.05) is 24.0 Å². The van der Waals surface area contributed by atoms with Crippen LogP contribution < -0.4 is 5.73 Å². The Morgan fingerprint density at radius 3 is 3.12 bits per heavy atom. The lowest BCUT2D eigenvalue weighted by molar-refractivity contribution is -0.119. The fourth-order valence-corrected chi connectivity index (χ4v) is 2.34. The first-order valence-electron chi connectivity index (χ1n) is 5.65. The largest absolute Gasteiger partial charge is 0.369 e. The summed E-state index contributed by atoms with van der Waals surface area (Å²) < 4.78 is 2.03. The maximum atomic E-state index is 10.9. The number of rotatable bonds is 4. The second-order valence-electron chi connectivity index (χ2n) is 4.39. The number of carbonyl (C=O) groups is 1. The van der Waals surface area contributed by atoms with E-state index in [4.69, 9.17) is 5.73 Å². The van der Waals surface area contributed by atoms with E-state index in [0.29, 0.717) is 12.6 Å². The van der Waals surface area contributed by atoms with Gasteiger partial charge in [0.15, 0.2) is 0 Å². The predicted molar refractivity (Wildman–Crippen MR) is 60.7 cm³/mol. The maximum absolute atomic E-state index is 10.9. The molecule has 0 spiro atoms. The van der Waals surface area contributed by atoms with Crippen molar-refractivity contribution in [3.63, 3.8) is 0 Å². The molecule has 1 saturated heterocycles. The van der Waals surface area contributed by atoms with E-state index in [-0.39, 0.29) is 5.91 Å². The van der Waals surface area contributed by atoms with Crippen LogP contribution in [0.1, 0.15) is 18.7 Å². The van der Waals surface area contributed by atoms with E-state index in [1.54, 1.807) is 0 Å². The molecule has 1 aliphatic heterocycles. The zero-order valence-electron chi connectivity index (χ0n) is 9.59. The molecule has 2 heterocycles. The average Bonchev–Trinajstić information content (AvgIpc) is 2.78. The molecular formula is C11H18N4O. The van der Waals surface area contributed by atoms with Gasteiger partial charge in [0.25, 0.3) is 0 Å². The molecule has 0 unspecified atom stereocenters. The lowest BCUT2D eigenvalue weighted by Crippen LogP contribution is -2.38. The molecule has 2 N–H and O–H groups in total. The van der Waals surface area contributed by atoms with E-state index in [2.05, 4.69) is 9.88 Å². The second kappa shape index (κ2) is 4.65. The van der Waals surface area contributed by atoms with Crippen LogP contribution in [0.2, 0.25) is 0 Å². The molecule has 1 atom stereocenters. The quantitative estimate of drug-likeness (QED) is 0.774. The third kappa shape index (κ3) is 2.41. The van der Waals surface area contributed by atoms with Gasteiger partial charge < -0.3 is 10.3 Å². The molecule has 0 saturated carbocycles. The number of imidazole rings is 1. The van der Waals surface area contributed by atoms with E-state index in [1.165, 1.54) is 0 Å². The molecule has 5 nitrogen and oxygen atoms in total. The van der Waals surface area contributed by atoms with E-state index >= 15 is 0 Å². The summed E-state index contributed by atoms with van der Waals surface area (Å²) in [6.45, 7) is 1.34. The first-order chi connectivity index (χ1) is 7.66. The zero-order valence-corrected chi connectivity index (χ0v) is 9.59. The van der Waals surface area contributed by atoms with Crippen LogP contribution in [0, 0.1) is 0 Å². The Bertz CT molecular complexity index is 374. The van der Waals surface area contributed by atoms with Gasteiger partial charge in [-0.2, -0.15) is 0 Å². The summed E-state index contributed by atoms with van der Waals surface area (Å²) in [6.07, 6.45) is 6.92.